The minimum Gasteiger partial charge on any atom is -0.319 e. The number of benzene rings is 2. The number of hydrogen-bond donors (Lipinski definition) is 1. The van der Waals surface area contributed by atoms with E-state index in [0.29, 0.717) is 5.56 Å². The maximum atomic E-state index is 13.0. The number of carbonyl (C=O) groups excluding carboxylic acids is 2. The van der Waals surface area contributed by atoms with E-state index in [1.807, 2.05) is 32.0 Å². The number of nitrogens with one attached hydrogen (secondary N) is 1. The molecule has 1 aliphatic rings. The van der Waals surface area contributed by atoms with Gasteiger partial charge in [0, 0.05) is 12.1 Å². The van der Waals surface area contributed by atoms with E-state index in [1.165, 1.54) is 18.2 Å². The second-order valence-electron chi connectivity index (χ2n) is 6.75. The van der Waals surface area contributed by atoms with E-state index in [9.17, 15) is 19.7 Å². The standard InChI is InChI=1S/C19H19N3O4/c1-12-7-13(2)9-14(8-12)11-21-17(23)19(3,20-18(21)24)15-5-4-6-16(10-15)22(25)26/h4-10H,11H2,1-3H3,(H,20,24). The molecule has 7 nitrogen and oxygen atoms in total. The van der Waals surface area contributed by atoms with Gasteiger partial charge in [0.2, 0.25) is 0 Å². The van der Waals surface area contributed by atoms with Gasteiger partial charge in [-0.25, -0.2) is 4.79 Å². The van der Waals surface area contributed by atoms with Crippen molar-refractivity contribution in [2.75, 3.05) is 0 Å². The number of nitro groups is 1. The van der Waals surface area contributed by atoms with Crippen LogP contribution in [0.1, 0.15) is 29.2 Å². The molecule has 1 N–H and O–H groups in total. The Labute approximate surface area is 150 Å². The minimum atomic E-state index is -1.33. The van der Waals surface area contributed by atoms with Crippen molar-refractivity contribution in [1.82, 2.24) is 10.2 Å². The van der Waals surface area contributed by atoms with Gasteiger partial charge in [0.1, 0.15) is 5.54 Å². The van der Waals surface area contributed by atoms with Gasteiger partial charge in [0.05, 0.1) is 11.5 Å². The van der Waals surface area contributed by atoms with Gasteiger partial charge >= 0.3 is 6.03 Å². The highest BCUT2D eigenvalue weighted by atomic mass is 16.6. The van der Waals surface area contributed by atoms with E-state index in [-0.39, 0.29) is 12.2 Å². The molecule has 26 heavy (non-hydrogen) atoms. The number of hydrogen-bond acceptors (Lipinski definition) is 4. The minimum absolute atomic E-state index is 0.126. The average molecular weight is 353 g/mol. The van der Waals surface area contributed by atoms with Crippen LogP contribution >= 0.6 is 0 Å². The van der Waals surface area contributed by atoms with Crippen molar-refractivity contribution in [3.8, 4) is 0 Å². The molecular weight excluding hydrogens is 334 g/mol. The molecule has 3 rings (SSSR count). The lowest BCUT2D eigenvalue weighted by Gasteiger charge is -2.22. The summed E-state index contributed by atoms with van der Waals surface area (Å²) in [6.07, 6.45) is 0. The van der Waals surface area contributed by atoms with Gasteiger partial charge in [-0.2, -0.15) is 0 Å². The van der Waals surface area contributed by atoms with Gasteiger partial charge in [-0.1, -0.05) is 41.5 Å². The van der Waals surface area contributed by atoms with Crippen molar-refractivity contribution < 1.29 is 14.5 Å². The molecule has 0 aliphatic carbocycles. The van der Waals surface area contributed by atoms with Gasteiger partial charge < -0.3 is 5.32 Å². The van der Waals surface area contributed by atoms with Crippen LogP contribution in [0.15, 0.2) is 42.5 Å². The normalized spacial score (nSPS) is 19.6. The lowest BCUT2D eigenvalue weighted by Crippen LogP contribution is -2.40. The zero-order valence-electron chi connectivity index (χ0n) is 14.8. The summed E-state index contributed by atoms with van der Waals surface area (Å²) in [7, 11) is 0. The molecule has 2 aromatic rings. The summed E-state index contributed by atoms with van der Waals surface area (Å²) >= 11 is 0. The van der Waals surface area contributed by atoms with Gasteiger partial charge in [-0.15, -0.1) is 0 Å². The SMILES string of the molecule is Cc1cc(C)cc(CN2C(=O)NC(C)(c3cccc([N+](=O)[O-])c3)C2=O)c1. The predicted octanol–water partition coefficient (Wildman–Crippen LogP) is 3.18. The maximum Gasteiger partial charge on any atom is 0.325 e. The summed E-state index contributed by atoms with van der Waals surface area (Å²) in [5.74, 6) is -0.429. The number of aryl methyl sites for hydroxylation is 2. The third-order valence-electron chi connectivity index (χ3n) is 4.53. The fourth-order valence-corrected chi connectivity index (χ4v) is 3.31. The zero-order chi connectivity index (χ0) is 19.1. The Bertz CT molecular complexity index is 905. The highest BCUT2D eigenvalue weighted by molar-refractivity contribution is 6.07. The number of imide groups is 1. The molecule has 0 radical (unpaired) electrons. The Balaban J connectivity index is 1.93. The highest BCUT2D eigenvalue weighted by Crippen LogP contribution is 2.31. The maximum absolute atomic E-state index is 13.0. The molecule has 1 unspecified atom stereocenters. The summed E-state index contributed by atoms with van der Waals surface area (Å²) in [4.78, 5) is 37.0. The molecule has 7 heteroatoms. The Kier molecular flexibility index (Phi) is 4.23. The second-order valence-corrected chi connectivity index (χ2v) is 6.75. The van der Waals surface area contributed by atoms with Crippen LogP contribution in [-0.2, 0) is 16.9 Å². The number of carbonyl (C=O) groups is 2. The van der Waals surface area contributed by atoms with Crippen molar-refractivity contribution in [2.45, 2.75) is 32.9 Å². The zero-order valence-corrected chi connectivity index (χ0v) is 14.8. The van der Waals surface area contributed by atoms with E-state index >= 15 is 0 Å². The van der Waals surface area contributed by atoms with Crippen LogP contribution in [0.2, 0.25) is 0 Å². The number of nitro benzene ring substituents is 1. The number of urea groups is 1. The number of nitrogens with zero attached hydrogens (tertiary/aromatic N) is 2. The molecule has 1 atom stereocenters. The van der Waals surface area contributed by atoms with Crippen molar-refractivity contribution >= 4 is 17.6 Å². The van der Waals surface area contributed by atoms with Crippen LogP contribution in [0.5, 0.6) is 0 Å². The van der Waals surface area contributed by atoms with Crippen LogP contribution in [0.4, 0.5) is 10.5 Å². The predicted molar refractivity (Wildman–Crippen MR) is 95.4 cm³/mol. The fraction of sp³-hybridized carbons (Fsp3) is 0.263. The van der Waals surface area contributed by atoms with Crippen molar-refractivity contribution in [3.05, 3.63) is 74.8 Å². The van der Waals surface area contributed by atoms with Crippen molar-refractivity contribution in [3.63, 3.8) is 0 Å². The third-order valence-corrected chi connectivity index (χ3v) is 4.53. The van der Waals surface area contributed by atoms with E-state index in [1.54, 1.807) is 13.0 Å². The summed E-state index contributed by atoms with van der Waals surface area (Å²) in [5, 5.41) is 13.7. The summed E-state index contributed by atoms with van der Waals surface area (Å²) in [6, 6.07) is 11.1. The van der Waals surface area contributed by atoms with Gasteiger partial charge in [0.25, 0.3) is 11.6 Å². The molecular formula is C19H19N3O4. The molecule has 134 valence electrons. The van der Waals surface area contributed by atoms with Gasteiger partial charge in [-0.3, -0.25) is 19.8 Å². The molecule has 0 saturated carbocycles. The van der Waals surface area contributed by atoms with Crippen LogP contribution in [0.25, 0.3) is 0 Å². The second kappa shape index (κ2) is 6.25. The first-order chi connectivity index (χ1) is 12.2. The molecule has 1 saturated heterocycles. The van der Waals surface area contributed by atoms with Crippen LogP contribution < -0.4 is 5.32 Å². The first-order valence-electron chi connectivity index (χ1n) is 8.17. The van der Waals surface area contributed by atoms with E-state index in [2.05, 4.69) is 5.32 Å². The first-order valence-corrected chi connectivity index (χ1v) is 8.17. The number of rotatable bonds is 4. The summed E-state index contributed by atoms with van der Waals surface area (Å²) in [5.41, 5.74) is 1.88. The largest absolute Gasteiger partial charge is 0.325 e. The van der Waals surface area contributed by atoms with Crippen molar-refractivity contribution in [2.24, 2.45) is 0 Å². The van der Waals surface area contributed by atoms with E-state index < -0.39 is 22.4 Å². The quantitative estimate of drug-likeness (QED) is 0.519. The number of amides is 3. The Hall–Kier alpha value is -3.22. The molecule has 0 bridgehead atoms. The summed E-state index contributed by atoms with van der Waals surface area (Å²) < 4.78 is 0. The topological polar surface area (TPSA) is 92.6 Å². The van der Waals surface area contributed by atoms with Crippen LogP contribution in [0.3, 0.4) is 0 Å². The average Bonchev–Trinajstić information content (AvgIpc) is 2.78. The Morgan fingerprint density at radius 3 is 2.38 bits per heavy atom. The highest BCUT2D eigenvalue weighted by Gasteiger charge is 2.49. The summed E-state index contributed by atoms with van der Waals surface area (Å²) in [6.45, 7) is 5.62. The fourth-order valence-electron chi connectivity index (χ4n) is 3.31. The lowest BCUT2D eigenvalue weighted by molar-refractivity contribution is -0.385. The Morgan fingerprint density at radius 2 is 1.77 bits per heavy atom. The van der Waals surface area contributed by atoms with E-state index in [0.717, 1.165) is 21.6 Å². The third kappa shape index (κ3) is 3.03. The molecule has 2 aromatic carbocycles. The van der Waals surface area contributed by atoms with E-state index in [4.69, 9.17) is 0 Å². The first kappa shape index (κ1) is 17.6. The Morgan fingerprint density at radius 1 is 1.12 bits per heavy atom. The monoisotopic (exact) mass is 353 g/mol. The number of non-ortho nitro benzene ring substituents is 1. The van der Waals surface area contributed by atoms with Gasteiger partial charge in [0.15, 0.2) is 0 Å². The molecule has 0 aromatic heterocycles. The van der Waals surface area contributed by atoms with Gasteiger partial charge in [-0.05, 0) is 31.9 Å². The molecule has 3 amide bonds. The molecule has 1 aliphatic heterocycles. The molecule has 1 heterocycles. The molecule has 1 fully saturated rings. The molecule has 0 spiro atoms. The lowest BCUT2D eigenvalue weighted by atomic mass is 9.91. The van der Waals surface area contributed by atoms with Crippen LogP contribution in [-0.4, -0.2) is 21.8 Å². The smallest absolute Gasteiger partial charge is 0.319 e. The van der Waals surface area contributed by atoms with Crippen LogP contribution in [0, 0.1) is 24.0 Å². The van der Waals surface area contributed by atoms with Crippen molar-refractivity contribution in [1.29, 1.82) is 0 Å².